The Hall–Kier alpha value is -1.40. The quantitative estimate of drug-likeness (QED) is 0.0657. The molecule has 0 spiro atoms. The zero-order chi connectivity index (χ0) is 34.8. The molecule has 0 amide bonds. The van der Waals surface area contributed by atoms with Crippen molar-refractivity contribution in [3.05, 3.63) is 0 Å². The molecule has 0 rings (SSSR count). The highest BCUT2D eigenvalue weighted by Crippen LogP contribution is 2.24. The van der Waals surface area contributed by atoms with Crippen LogP contribution in [0.1, 0.15) is 197 Å². The second kappa shape index (κ2) is 26.5. The molecule has 0 aromatic heterocycles. The molecule has 0 bridgehead atoms. The SMILES string of the molecule is CCCCCCC(CCCC)C(=O)CCC(=O)COC(C)(C)CCOC(C)(C)CC(=O)CCC(=O)C(CCCCC)CCCCC. The van der Waals surface area contributed by atoms with Crippen molar-refractivity contribution in [2.24, 2.45) is 11.8 Å². The van der Waals surface area contributed by atoms with Crippen LogP contribution in [0.25, 0.3) is 0 Å². The molecule has 0 aliphatic carbocycles. The molecule has 6 nitrogen and oxygen atoms in total. The lowest BCUT2D eigenvalue weighted by Crippen LogP contribution is -2.33. The summed E-state index contributed by atoms with van der Waals surface area (Å²) in [5.41, 5.74) is -1.21. The van der Waals surface area contributed by atoms with E-state index in [0.717, 1.165) is 83.5 Å². The Balaban J connectivity index is 4.55. The molecule has 270 valence electrons. The molecule has 0 fully saturated rings. The van der Waals surface area contributed by atoms with Crippen molar-refractivity contribution in [1.82, 2.24) is 0 Å². The topological polar surface area (TPSA) is 86.7 Å². The number of hydrogen-bond donors (Lipinski definition) is 0. The van der Waals surface area contributed by atoms with Crippen LogP contribution in [0.4, 0.5) is 0 Å². The molecule has 0 aromatic rings. The first-order valence-electron chi connectivity index (χ1n) is 19.2. The second-order valence-corrected chi connectivity index (χ2v) is 15.0. The van der Waals surface area contributed by atoms with Gasteiger partial charge in [-0.3, -0.25) is 19.2 Å². The first kappa shape index (κ1) is 44.6. The Morgan fingerprint density at radius 3 is 1.43 bits per heavy atom. The Labute approximate surface area is 284 Å². The van der Waals surface area contributed by atoms with E-state index >= 15 is 0 Å². The average Bonchev–Trinajstić information content (AvgIpc) is 3.00. The van der Waals surface area contributed by atoms with Crippen LogP contribution >= 0.6 is 0 Å². The molecule has 0 N–H and O–H groups in total. The van der Waals surface area contributed by atoms with Gasteiger partial charge in [0.1, 0.15) is 24.0 Å². The zero-order valence-corrected chi connectivity index (χ0v) is 31.6. The monoisotopic (exact) mass is 651 g/mol. The number of unbranched alkanes of at least 4 members (excludes halogenated alkanes) is 8. The Bertz CT molecular complexity index is 820. The van der Waals surface area contributed by atoms with E-state index in [1.165, 1.54) is 19.3 Å². The number of carbonyl (C=O) groups is 4. The van der Waals surface area contributed by atoms with Gasteiger partial charge in [0.05, 0.1) is 17.8 Å². The van der Waals surface area contributed by atoms with Crippen molar-refractivity contribution in [1.29, 1.82) is 0 Å². The van der Waals surface area contributed by atoms with Crippen molar-refractivity contribution < 1.29 is 28.7 Å². The molecule has 1 atom stereocenters. The fraction of sp³-hybridized carbons (Fsp3) is 0.900. The molecule has 0 heterocycles. The van der Waals surface area contributed by atoms with Gasteiger partial charge in [0.15, 0.2) is 5.78 Å². The van der Waals surface area contributed by atoms with Crippen LogP contribution in [-0.2, 0) is 28.7 Å². The number of hydrogen-bond acceptors (Lipinski definition) is 6. The van der Waals surface area contributed by atoms with Crippen LogP contribution in [0.5, 0.6) is 0 Å². The summed E-state index contributed by atoms with van der Waals surface area (Å²) >= 11 is 0. The third-order valence-electron chi connectivity index (χ3n) is 9.28. The third-order valence-corrected chi connectivity index (χ3v) is 9.28. The summed E-state index contributed by atoms with van der Waals surface area (Å²) in [5, 5.41) is 0. The number of Topliss-reactive ketones (excluding diaryl/α,β-unsaturated/α-hetero) is 4. The molecule has 0 aliphatic heterocycles. The first-order chi connectivity index (χ1) is 21.8. The van der Waals surface area contributed by atoms with Gasteiger partial charge in [0.2, 0.25) is 0 Å². The molecule has 46 heavy (non-hydrogen) atoms. The lowest BCUT2D eigenvalue weighted by Gasteiger charge is -2.29. The number of carbonyl (C=O) groups excluding carboxylic acids is 4. The van der Waals surface area contributed by atoms with Crippen LogP contribution in [0.3, 0.4) is 0 Å². The highest BCUT2D eigenvalue weighted by atomic mass is 16.5. The van der Waals surface area contributed by atoms with E-state index < -0.39 is 11.2 Å². The molecule has 0 radical (unpaired) electrons. The predicted molar refractivity (Wildman–Crippen MR) is 191 cm³/mol. The highest BCUT2D eigenvalue weighted by Gasteiger charge is 2.27. The summed E-state index contributed by atoms with van der Waals surface area (Å²) in [6, 6.07) is 0. The van der Waals surface area contributed by atoms with Crippen LogP contribution in [0, 0.1) is 11.8 Å². The summed E-state index contributed by atoms with van der Waals surface area (Å²) in [6.45, 7) is 16.8. The van der Waals surface area contributed by atoms with Gasteiger partial charge >= 0.3 is 0 Å². The predicted octanol–water partition coefficient (Wildman–Crippen LogP) is 10.7. The molecule has 0 saturated heterocycles. The normalized spacial score (nSPS) is 12.9. The van der Waals surface area contributed by atoms with Crippen LogP contribution < -0.4 is 0 Å². The summed E-state index contributed by atoms with van der Waals surface area (Å²) in [6.07, 6.45) is 19.3. The number of rotatable bonds is 33. The summed E-state index contributed by atoms with van der Waals surface area (Å²) in [4.78, 5) is 51.2. The van der Waals surface area contributed by atoms with Crippen molar-refractivity contribution in [2.45, 2.75) is 208 Å². The lowest BCUT2D eigenvalue weighted by atomic mass is 9.88. The van der Waals surface area contributed by atoms with E-state index in [1.807, 2.05) is 27.7 Å². The molecule has 6 heteroatoms. The fourth-order valence-corrected chi connectivity index (χ4v) is 6.02. The van der Waals surface area contributed by atoms with Gasteiger partial charge in [0, 0.05) is 43.9 Å². The minimum atomic E-state index is -0.640. The van der Waals surface area contributed by atoms with Crippen molar-refractivity contribution in [2.75, 3.05) is 13.2 Å². The highest BCUT2D eigenvalue weighted by molar-refractivity contribution is 5.88. The Kier molecular flexibility index (Phi) is 25.7. The molecule has 0 aliphatic rings. The summed E-state index contributed by atoms with van der Waals surface area (Å²) in [5.74, 6) is 0.668. The van der Waals surface area contributed by atoms with Gasteiger partial charge in [-0.15, -0.1) is 0 Å². The summed E-state index contributed by atoms with van der Waals surface area (Å²) in [7, 11) is 0. The third kappa shape index (κ3) is 23.8. The van der Waals surface area contributed by atoms with E-state index in [9.17, 15) is 19.2 Å². The maximum atomic E-state index is 13.0. The molecular weight excluding hydrogens is 576 g/mol. The van der Waals surface area contributed by atoms with Crippen LogP contribution in [0.15, 0.2) is 0 Å². The number of ketones is 4. The first-order valence-corrected chi connectivity index (χ1v) is 19.2. The van der Waals surface area contributed by atoms with Crippen LogP contribution in [-0.4, -0.2) is 47.5 Å². The Morgan fingerprint density at radius 2 is 0.935 bits per heavy atom. The lowest BCUT2D eigenvalue weighted by molar-refractivity contribution is -0.135. The van der Waals surface area contributed by atoms with Gasteiger partial charge in [-0.25, -0.2) is 0 Å². The minimum absolute atomic E-state index is 0.00973. The maximum absolute atomic E-state index is 13.0. The van der Waals surface area contributed by atoms with Gasteiger partial charge in [-0.2, -0.15) is 0 Å². The second-order valence-electron chi connectivity index (χ2n) is 15.0. The van der Waals surface area contributed by atoms with Crippen molar-refractivity contribution in [3.8, 4) is 0 Å². The average molecular weight is 651 g/mol. The van der Waals surface area contributed by atoms with Gasteiger partial charge in [-0.05, 0) is 59.8 Å². The number of ether oxygens (including phenoxy) is 2. The largest absolute Gasteiger partial charge is 0.375 e. The minimum Gasteiger partial charge on any atom is -0.375 e. The van der Waals surface area contributed by atoms with Gasteiger partial charge in [-0.1, -0.05) is 105 Å². The molecule has 0 saturated carbocycles. The maximum Gasteiger partial charge on any atom is 0.158 e. The molecule has 0 aromatic carbocycles. The van der Waals surface area contributed by atoms with E-state index in [1.54, 1.807) is 0 Å². The van der Waals surface area contributed by atoms with Gasteiger partial charge in [0.25, 0.3) is 0 Å². The zero-order valence-electron chi connectivity index (χ0n) is 31.6. The van der Waals surface area contributed by atoms with Crippen LogP contribution in [0.2, 0.25) is 0 Å². The Morgan fingerprint density at radius 1 is 0.500 bits per heavy atom. The van der Waals surface area contributed by atoms with E-state index in [2.05, 4.69) is 27.7 Å². The van der Waals surface area contributed by atoms with E-state index in [0.29, 0.717) is 25.9 Å². The molecule has 1 unspecified atom stereocenters. The van der Waals surface area contributed by atoms with Crippen molar-refractivity contribution in [3.63, 3.8) is 0 Å². The smallest absolute Gasteiger partial charge is 0.158 e. The van der Waals surface area contributed by atoms with E-state index in [4.69, 9.17) is 9.47 Å². The van der Waals surface area contributed by atoms with Gasteiger partial charge < -0.3 is 9.47 Å². The summed E-state index contributed by atoms with van der Waals surface area (Å²) < 4.78 is 12.0. The molecular formula is C40H74O6. The van der Waals surface area contributed by atoms with Crippen molar-refractivity contribution >= 4 is 23.1 Å². The standard InChI is InChI=1S/C40H74O6/c1-9-13-17-20-24-33(21-16-12-4)38(44)28-26-36(42)32-46-39(5,6)29-30-45-40(7,8)31-35(41)25-27-37(43)34(22-18-14-10-2)23-19-15-11-3/h33-34H,9-32H2,1-8H3. The fourth-order valence-electron chi connectivity index (χ4n) is 6.02. The van der Waals surface area contributed by atoms with E-state index in [-0.39, 0.29) is 60.8 Å².